The largest absolute Gasteiger partial charge is 0.490 e. The van der Waals surface area contributed by atoms with Crippen LogP contribution in [-0.4, -0.2) is 35.8 Å². The van der Waals surface area contributed by atoms with Crippen LogP contribution in [0.15, 0.2) is 23.4 Å². The van der Waals surface area contributed by atoms with Crippen LogP contribution in [0, 0.1) is 10.1 Å². The maximum Gasteiger partial charge on any atom is 0.270 e. The molecule has 8 nitrogen and oxygen atoms in total. The molecule has 8 heteroatoms. The highest BCUT2D eigenvalue weighted by atomic mass is 16.6. The van der Waals surface area contributed by atoms with E-state index in [4.69, 9.17) is 20.4 Å². The number of amidine groups is 1. The highest BCUT2D eigenvalue weighted by Crippen LogP contribution is 2.24. The molecule has 0 fully saturated rings. The van der Waals surface area contributed by atoms with Crippen LogP contribution in [-0.2, 0) is 4.74 Å². The fourth-order valence-electron chi connectivity index (χ4n) is 1.47. The quantitative estimate of drug-likeness (QED) is 0.186. The first kappa shape index (κ1) is 15.7. The van der Waals surface area contributed by atoms with Crippen LogP contribution in [0.5, 0.6) is 5.75 Å². The first-order chi connectivity index (χ1) is 9.60. The van der Waals surface area contributed by atoms with Crippen molar-refractivity contribution in [1.82, 2.24) is 0 Å². The molecule has 1 rings (SSSR count). The summed E-state index contributed by atoms with van der Waals surface area (Å²) in [6, 6.07) is 3.89. The SMILES string of the molecule is CCCOCCOc1ccc([N+](=O)[O-])cc1C(N)=NO. The first-order valence-corrected chi connectivity index (χ1v) is 6.07. The summed E-state index contributed by atoms with van der Waals surface area (Å²) in [6.07, 6.45) is 0.910. The lowest BCUT2D eigenvalue weighted by atomic mass is 10.1. The molecule has 0 saturated carbocycles. The minimum atomic E-state index is -0.567. The molecular formula is C12H17N3O5. The van der Waals surface area contributed by atoms with Crippen LogP contribution in [0.25, 0.3) is 0 Å². The highest BCUT2D eigenvalue weighted by Gasteiger charge is 2.15. The van der Waals surface area contributed by atoms with Gasteiger partial charge in [-0.25, -0.2) is 0 Å². The molecule has 0 radical (unpaired) electrons. The zero-order valence-corrected chi connectivity index (χ0v) is 11.1. The fourth-order valence-corrected chi connectivity index (χ4v) is 1.47. The molecule has 0 aliphatic rings. The maximum atomic E-state index is 10.7. The molecule has 0 saturated heterocycles. The van der Waals surface area contributed by atoms with E-state index in [-0.39, 0.29) is 23.7 Å². The second-order valence-corrected chi connectivity index (χ2v) is 3.88. The minimum absolute atomic E-state index is 0.164. The Kier molecular flexibility index (Phi) is 6.24. The molecule has 0 aliphatic carbocycles. The Morgan fingerprint density at radius 2 is 2.20 bits per heavy atom. The van der Waals surface area contributed by atoms with Gasteiger partial charge in [0.25, 0.3) is 5.69 Å². The first-order valence-electron chi connectivity index (χ1n) is 6.07. The monoisotopic (exact) mass is 283 g/mol. The Morgan fingerprint density at radius 1 is 1.45 bits per heavy atom. The third-order valence-corrected chi connectivity index (χ3v) is 2.39. The number of oxime groups is 1. The van der Waals surface area contributed by atoms with Gasteiger partial charge in [-0.2, -0.15) is 0 Å². The predicted octanol–water partition coefficient (Wildman–Crippen LogP) is 1.49. The standard InChI is InChI=1S/C12H17N3O5/c1-2-5-19-6-7-20-11-4-3-9(15(17)18)8-10(11)12(13)14-16/h3-4,8,16H,2,5-7H2,1H3,(H2,13,14). The van der Waals surface area contributed by atoms with Crippen molar-refractivity contribution in [3.8, 4) is 5.75 Å². The molecule has 0 heterocycles. The lowest BCUT2D eigenvalue weighted by Gasteiger charge is -2.10. The van der Waals surface area contributed by atoms with E-state index < -0.39 is 4.92 Å². The number of non-ortho nitro benzene ring substituents is 1. The van der Waals surface area contributed by atoms with E-state index in [0.29, 0.717) is 19.0 Å². The Balaban J connectivity index is 2.81. The van der Waals surface area contributed by atoms with Gasteiger partial charge in [-0.3, -0.25) is 10.1 Å². The number of ether oxygens (including phenoxy) is 2. The number of nitrogens with two attached hydrogens (primary N) is 1. The Labute approximate surface area is 115 Å². The molecule has 0 unspecified atom stereocenters. The molecule has 0 aliphatic heterocycles. The molecule has 0 bridgehead atoms. The molecule has 20 heavy (non-hydrogen) atoms. The predicted molar refractivity (Wildman–Crippen MR) is 72.2 cm³/mol. The third-order valence-electron chi connectivity index (χ3n) is 2.39. The van der Waals surface area contributed by atoms with Crippen LogP contribution in [0.1, 0.15) is 18.9 Å². The van der Waals surface area contributed by atoms with Crippen LogP contribution < -0.4 is 10.5 Å². The maximum absolute atomic E-state index is 10.7. The van der Waals surface area contributed by atoms with Crippen LogP contribution in [0.4, 0.5) is 5.69 Å². The molecular weight excluding hydrogens is 266 g/mol. The summed E-state index contributed by atoms with van der Waals surface area (Å²) < 4.78 is 10.7. The van der Waals surface area contributed by atoms with Gasteiger partial charge in [-0.05, 0) is 12.5 Å². The molecule has 3 N–H and O–H groups in total. The molecule has 1 aromatic carbocycles. The summed E-state index contributed by atoms with van der Waals surface area (Å²) in [5.74, 6) is 0.0455. The summed E-state index contributed by atoms with van der Waals surface area (Å²) in [5.41, 5.74) is 5.48. The van der Waals surface area contributed by atoms with Crippen molar-refractivity contribution in [2.45, 2.75) is 13.3 Å². The van der Waals surface area contributed by atoms with E-state index in [9.17, 15) is 10.1 Å². The normalized spacial score (nSPS) is 11.3. The Morgan fingerprint density at radius 3 is 2.80 bits per heavy atom. The van der Waals surface area contributed by atoms with Crippen molar-refractivity contribution in [2.75, 3.05) is 19.8 Å². The van der Waals surface area contributed by atoms with Crippen LogP contribution >= 0.6 is 0 Å². The number of nitrogens with zero attached hydrogens (tertiary/aromatic N) is 2. The Bertz CT molecular complexity index is 490. The van der Waals surface area contributed by atoms with Crippen LogP contribution in [0.3, 0.4) is 0 Å². The molecule has 0 spiro atoms. The van der Waals surface area contributed by atoms with Crippen molar-refractivity contribution < 1.29 is 19.6 Å². The zero-order valence-electron chi connectivity index (χ0n) is 11.1. The van der Waals surface area contributed by atoms with E-state index in [1.54, 1.807) is 0 Å². The van der Waals surface area contributed by atoms with Gasteiger partial charge < -0.3 is 20.4 Å². The molecule has 110 valence electrons. The van der Waals surface area contributed by atoms with Crippen molar-refractivity contribution in [3.05, 3.63) is 33.9 Å². The summed E-state index contributed by atoms with van der Waals surface area (Å²) in [5, 5.41) is 22.2. The molecule has 0 atom stereocenters. The number of rotatable bonds is 8. The molecule has 1 aromatic rings. The Hall–Kier alpha value is -2.35. The fraction of sp³-hybridized carbons (Fsp3) is 0.417. The van der Waals surface area contributed by atoms with Crippen molar-refractivity contribution in [2.24, 2.45) is 10.9 Å². The van der Waals surface area contributed by atoms with Gasteiger partial charge in [-0.1, -0.05) is 12.1 Å². The van der Waals surface area contributed by atoms with Gasteiger partial charge in [0.15, 0.2) is 5.84 Å². The van der Waals surface area contributed by atoms with Gasteiger partial charge in [-0.15, -0.1) is 0 Å². The number of benzene rings is 1. The van der Waals surface area contributed by atoms with E-state index in [2.05, 4.69) is 5.16 Å². The summed E-state index contributed by atoms with van der Waals surface area (Å²) in [6.45, 7) is 3.29. The summed E-state index contributed by atoms with van der Waals surface area (Å²) in [7, 11) is 0. The van der Waals surface area contributed by atoms with Gasteiger partial charge in [0, 0.05) is 18.7 Å². The average molecular weight is 283 g/mol. The third kappa shape index (κ3) is 4.39. The van der Waals surface area contributed by atoms with Crippen molar-refractivity contribution in [3.63, 3.8) is 0 Å². The van der Waals surface area contributed by atoms with E-state index in [1.807, 2.05) is 6.92 Å². The van der Waals surface area contributed by atoms with Crippen molar-refractivity contribution in [1.29, 1.82) is 0 Å². The van der Waals surface area contributed by atoms with E-state index >= 15 is 0 Å². The lowest BCUT2D eigenvalue weighted by Crippen LogP contribution is -2.16. The number of nitro benzene ring substituents is 1. The summed E-state index contributed by atoms with van der Waals surface area (Å²) in [4.78, 5) is 10.1. The van der Waals surface area contributed by atoms with E-state index in [1.165, 1.54) is 18.2 Å². The number of hydrogen-bond acceptors (Lipinski definition) is 6. The second-order valence-electron chi connectivity index (χ2n) is 3.88. The van der Waals surface area contributed by atoms with Gasteiger partial charge in [0.2, 0.25) is 0 Å². The van der Waals surface area contributed by atoms with Crippen molar-refractivity contribution >= 4 is 11.5 Å². The van der Waals surface area contributed by atoms with E-state index in [0.717, 1.165) is 6.42 Å². The summed E-state index contributed by atoms with van der Waals surface area (Å²) >= 11 is 0. The van der Waals surface area contributed by atoms with Crippen LogP contribution in [0.2, 0.25) is 0 Å². The van der Waals surface area contributed by atoms with Gasteiger partial charge in [0.05, 0.1) is 17.1 Å². The minimum Gasteiger partial charge on any atom is -0.490 e. The van der Waals surface area contributed by atoms with Gasteiger partial charge in [0.1, 0.15) is 12.4 Å². The second kappa shape index (κ2) is 7.95. The average Bonchev–Trinajstić information content (AvgIpc) is 2.46. The van der Waals surface area contributed by atoms with Gasteiger partial charge >= 0.3 is 0 Å². The molecule has 0 amide bonds. The molecule has 0 aromatic heterocycles. The topological polar surface area (TPSA) is 120 Å². The number of nitro groups is 1. The smallest absolute Gasteiger partial charge is 0.270 e. The lowest BCUT2D eigenvalue weighted by molar-refractivity contribution is -0.384. The highest BCUT2D eigenvalue weighted by molar-refractivity contribution is 6.00. The number of hydrogen-bond donors (Lipinski definition) is 2. The zero-order chi connectivity index (χ0) is 15.0.